The number of methoxy groups -OCH3 is 1. The molecular weight excluding hydrogens is 385 g/mol. The predicted molar refractivity (Wildman–Crippen MR) is 100 cm³/mol. The molecule has 1 aromatic heterocycles. The van der Waals surface area contributed by atoms with E-state index in [1.165, 1.54) is 23.5 Å². The molecule has 1 aromatic carbocycles. The van der Waals surface area contributed by atoms with Crippen molar-refractivity contribution < 1.29 is 17.5 Å². The van der Waals surface area contributed by atoms with Gasteiger partial charge in [0.1, 0.15) is 22.3 Å². The Labute approximate surface area is 162 Å². The molecule has 1 fully saturated rings. The fourth-order valence-electron chi connectivity index (χ4n) is 4.28. The smallest absolute Gasteiger partial charge is 0.254 e. The summed E-state index contributed by atoms with van der Waals surface area (Å²) in [5.41, 5.74) is 1.02. The van der Waals surface area contributed by atoms with Crippen molar-refractivity contribution in [3.05, 3.63) is 51.5 Å². The Morgan fingerprint density at radius 1 is 1.29 bits per heavy atom. The van der Waals surface area contributed by atoms with Gasteiger partial charge in [-0.2, -0.15) is 4.31 Å². The standard InChI is InChI=1S/C19H22FN3O4S/c1-3-18-21-15-10-13-6-5-12(9-14(15)19(24)22-18)23(13)28(25,26)17-8-11(20)4-7-16(17)27-2/h4,7-8,12-13H,3,5-6,9-10H2,1-2H3,(H,21,22,24)/t12-,13+/m1/s1. The first-order valence-electron chi connectivity index (χ1n) is 9.33. The molecule has 0 amide bonds. The van der Waals surface area contributed by atoms with Gasteiger partial charge in [0.2, 0.25) is 10.0 Å². The minimum Gasteiger partial charge on any atom is -0.495 e. The Bertz CT molecular complexity index is 1080. The highest BCUT2D eigenvalue weighted by Gasteiger charge is 2.46. The summed E-state index contributed by atoms with van der Waals surface area (Å²) < 4.78 is 47.4. The van der Waals surface area contributed by atoms with E-state index >= 15 is 0 Å². The largest absolute Gasteiger partial charge is 0.495 e. The molecule has 2 aromatic rings. The molecule has 1 N–H and O–H groups in total. The third kappa shape index (κ3) is 3.02. The average Bonchev–Trinajstić information content (AvgIpc) is 2.97. The fourth-order valence-corrected chi connectivity index (χ4v) is 6.32. The first-order chi connectivity index (χ1) is 13.3. The van der Waals surface area contributed by atoms with Gasteiger partial charge in [-0.25, -0.2) is 17.8 Å². The van der Waals surface area contributed by atoms with Gasteiger partial charge >= 0.3 is 0 Å². The third-order valence-electron chi connectivity index (χ3n) is 5.59. The molecule has 0 saturated carbocycles. The fraction of sp³-hybridized carbons (Fsp3) is 0.474. The van der Waals surface area contributed by atoms with Gasteiger partial charge in [0.05, 0.1) is 12.8 Å². The lowest BCUT2D eigenvalue weighted by Crippen LogP contribution is -2.41. The van der Waals surface area contributed by atoms with E-state index in [9.17, 15) is 17.6 Å². The lowest BCUT2D eigenvalue weighted by molar-refractivity contribution is 0.323. The quantitative estimate of drug-likeness (QED) is 0.834. The molecule has 3 heterocycles. The van der Waals surface area contributed by atoms with Crippen molar-refractivity contribution in [1.29, 1.82) is 0 Å². The van der Waals surface area contributed by atoms with Crippen molar-refractivity contribution in [1.82, 2.24) is 14.3 Å². The van der Waals surface area contributed by atoms with Crippen molar-refractivity contribution in [3.63, 3.8) is 0 Å². The number of hydrogen-bond acceptors (Lipinski definition) is 5. The maximum atomic E-state index is 13.8. The molecule has 2 atom stereocenters. The zero-order chi connectivity index (χ0) is 20.1. The Balaban J connectivity index is 1.80. The first-order valence-corrected chi connectivity index (χ1v) is 10.8. The number of H-pyrrole nitrogens is 1. The molecule has 2 bridgehead atoms. The number of fused-ring (bicyclic) bond motifs is 3. The monoisotopic (exact) mass is 407 g/mol. The molecule has 150 valence electrons. The van der Waals surface area contributed by atoms with Crippen molar-refractivity contribution in [2.75, 3.05) is 7.11 Å². The van der Waals surface area contributed by atoms with Gasteiger partial charge in [-0.15, -0.1) is 0 Å². The number of nitrogens with zero attached hydrogens (tertiary/aromatic N) is 2. The maximum absolute atomic E-state index is 13.8. The molecule has 2 aliphatic heterocycles. The summed E-state index contributed by atoms with van der Waals surface area (Å²) in [7, 11) is -2.65. The van der Waals surface area contributed by atoms with Crippen LogP contribution >= 0.6 is 0 Å². The predicted octanol–water partition coefficient (Wildman–Crippen LogP) is 1.80. The number of sulfonamides is 1. The van der Waals surface area contributed by atoms with E-state index < -0.39 is 15.8 Å². The van der Waals surface area contributed by atoms with Crippen LogP contribution in [0.25, 0.3) is 0 Å². The number of aryl methyl sites for hydroxylation is 1. The van der Waals surface area contributed by atoms with Crippen LogP contribution in [0.15, 0.2) is 27.9 Å². The van der Waals surface area contributed by atoms with E-state index in [1.54, 1.807) is 0 Å². The molecule has 0 aliphatic carbocycles. The van der Waals surface area contributed by atoms with Crippen LogP contribution in [-0.4, -0.2) is 41.9 Å². The van der Waals surface area contributed by atoms with Gasteiger partial charge in [-0.05, 0) is 37.5 Å². The number of halogens is 1. The van der Waals surface area contributed by atoms with E-state index in [0.29, 0.717) is 49.2 Å². The van der Waals surface area contributed by atoms with Crippen LogP contribution in [0.4, 0.5) is 4.39 Å². The van der Waals surface area contributed by atoms with E-state index in [2.05, 4.69) is 9.97 Å². The number of aromatic amines is 1. The Kier molecular flexibility index (Phi) is 4.75. The van der Waals surface area contributed by atoms with Crippen LogP contribution in [0.1, 0.15) is 36.8 Å². The van der Waals surface area contributed by atoms with Gasteiger partial charge in [0.15, 0.2) is 0 Å². The van der Waals surface area contributed by atoms with Crippen LogP contribution < -0.4 is 10.3 Å². The molecule has 7 nitrogen and oxygen atoms in total. The zero-order valence-corrected chi connectivity index (χ0v) is 16.6. The van der Waals surface area contributed by atoms with Crippen molar-refractivity contribution in [2.45, 2.75) is 56.0 Å². The molecule has 28 heavy (non-hydrogen) atoms. The second-order valence-corrected chi connectivity index (χ2v) is 9.03. The maximum Gasteiger partial charge on any atom is 0.254 e. The van der Waals surface area contributed by atoms with Gasteiger partial charge in [-0.3, -0.25) is 4.79 Å². The highest BCUT2D eigenvalue weighted by Crippen LogP contribution is 2.39. The van der Waals surface area contributed by atoms with Gasteiger partial charge in [0, 0.05) is 30.5 Å². The summed E-state index contributed by atoms with van der Waals surface area (Å²) in [6.45, 7) is 1.90. The highest BCUT2D eigenvalue weighted by atomic mass is 32.2. The summed E-state index contributed by atoms with van der Waals surface area (Å²) in [6, 6.07) is 2.80. The van der Waals surface area contributed by atoms with Gasteiger partial charge in [-0.1, -0.05) is 6.92 Å². The molecule has 0 spiro atoms. The number of aromatic nitrogens is 2. The van der Waals surface area contributed by atoms with Crippen molar-refractivity contribution in [2.24, 2.45) is 0 Å². The summed E-state index contributed by atoms with van der Waals surface area (Å²) in [4.78, 5) is 19.7. The zero-order valence-electron chi connectivity index (χ0n) is 15.7. The minimum atomic E-state index is -4.00. The highest BCUT2D eigenvalue weighted by molar-refractivity contribution is 7.89. The lowest BCUT2D eigenvalue weighted by atomic mass is 9.98. The van der Waals surface area contributed by atoms with Crippen molar-refractivity contribution >= 4 is 10.0 Å². The number of hydrogen-bond donors (Lipinski definition) is 1. The van der Waals surface area contributed by atoms with E-state index in [4.69, 9.17) is 4.74 Å². The molecule has 2 aliphatic rings. The lowest BCUT2D eigenvalue weighted by Gasteiger charge is -2.27. The van der Waals surface area contributed by atoms with E-state index in [1.807, 2.05) is 6.92 Å². The average molecular weight is 407 g/mol. The Morgan fingerprint density at radius 3 is 2.68 bits per heavy atom. The van der Waals surface area contributed by atoms with Crippen LogP contribution in [-0.2, 0) is 29.3 Å². The van der Waals surface area contributed by atoms with E-state index in [0.717, 1.165) is 6.07 Å². The van der Waals surface area contributed by atoms with Gasteiger partial charge in [0.25, 0.3) is 5.56 Å². The molecule has 4 rings (SSSR count). The number of rotatable bonds is 4. The summed E-state index contributed by atoms with van der Waals surface area (Å²) in [5.74, 6) is 0.0602. The Morgan fingerprint density at radius 2 is 2.00 bits per heavy atom. The molecule has 1 saturated heterocycles. The third-order valence-corrected chi connectivity index (χ3v) is 7.61. The SMILES string of the molecule is CCc1nc2c(c(=O)[nH]1)C[C@H]1CC[C@@H](C2)N1S(=O)(=O)c1cc(F)ccc1OC. The Hall–Kier alpha value is -2.26. The molecule has 0 unspecified atom stereocenters. The summed E-state index contributed by atoms with van der Waals surface area (Å²) >= 11 is 0. The molecule has 0 radical (unpaired) electrons. The van der Waals surface area contributed by atoms with Crippen LogP contribution in [0.5, 0.6) is 5.75 Å². The number of benzene rings is 1. The van der Waals surface area contributed by atoms with Gasteiger partial charge < -0.3 is 9.72 Å². The van der Waals surface area contributed by atoms with Crippen LogP contribution in [0, 0.1) is 5.82 Å². The number of ether oxygens (including phenoxy) is 1. The normalized spacial score (nSPS) is 22.0. The number of nitrogens with one attached hydrogen (secondary N) is 1. The topological polar surface area (TPSA) is 92.4 Å². The molecule has 9 heteroatoms. The minimum absolute atomic E-state index is 0.104. The first kappa shape index (κ1) is 19.1. The van der Waals surface area contributed by atoms with Crippen LogP contribution in [0.2, 0.25) is 0 Å². The van der Waals surface area contributed by atoms with E-state index in [-0.39, 0.29) is 28.3 Å². The van der Waals surface area contributed by atoms with Crippen LogP contribution in [0.3, 0.4) is 0 Å². The second-order valence-electron chi connectivity index (χ2n) is 7.21. The van der Waals surface area contributed by atoms with Crippen molar-refractivity contribution in [3.8, 4) is 5.75 Å². The summed E-state index contributed by atoms with van der Waals surface area (Å²) in [6.07, 6.45) is 2.60. The molecular formula is C19H22FN3O4S. The second kappa shape index (κ2) is 6.97. The summed E-state index contributed by atoms with van der Waals surface area (Å²) in [5, 5.41) is 0.